The zero-order valence-corrected chi connectivity index (χ0v) is 13.9. The molecule has 0 aromatic rings. The van der Waals surface area contributed by atoms with Gasteiger partial charge in [-0.05, 0) is 26.3 Å². The fourth-order valence-corrected chi connectivity index (χ4v) is 4.89. The van der Waals surface area contributed by atoms with Gasteiger partial charge < -0.3 is 10.0 Å². The lowest BCUT2D eigenvalue weighted by molar-refractivity contribution is -0.151. The van der Waals surface area contributed by atoms with Gasteiger partial charge in [0.05, 0.1) is 5.41 Å². The summed E-state index contributed by atoms with van der Waals surface area (Å²) in [5, 5.41) is 9.56. The molecule has 0 aliphatic carbocycles. The Morgan fingerprint density at radius 2 is 1.86 bits per heavy atom. The van der Waals surface area contributed by atoms with Gasteiger partial charge in [0, 0.05) is 39.3 Å². The van der Waals surface area contributed by atoms with Crippen molar-refractivity contribution in [3.05, 3.63) is 12.7 Å². The quantitative estimate of drug-likeness (QED) is 0.729. The highest BCUT2D eigenvalue weighted by Crippen LogP contribution is 2.36. The molecular formula is C14H25N3O4S. The van der Waals surface area contributed by atoms with Crippen molar-refractivity contribution in [2.45, 2.75) is 19.3 Å². The summed E-state index contributed by atoms with van der Waals surface area (Å²) in [7, 11) is -1.63. The van der Waals surface area contributed by atoms with Crippen LogP contribution < -0.4 is 0 Å². The third-order valence-electron chi connectivity index (χ3n) is 4.65. The summed E-state index contributed by atoms with van der Waals surface area (Å²) in [6, 6.07) is 0. The summed E-state index contributed by atoms with van der Waals surface area (Å²) in [6.45, 7) is 6.35. The Hall–Kier alpha value is -0.960. The highest BCUT2D eigenvalue weighted by Gasteiger charge is 2.45. The van der Waals surface area contributed by atoms with Crippen molar-refractivity contribution in [3.8, 4) is 0 Å². The lowest BCUT2D eigenvalue weighted by Gasteiger charge is -2.41. The molecule has 22 heavy (non-hydrogen) atoms. The molecule has 0 saturated carbocycles. The molecule has 2 heterocycles. The second-order valence-electron chi connectivity index (χ2n) is 6.23. The summed E-state index contributed by atoms with van der Waals surface area (Å²) in [5.74, 6) is -0.939. The average Bonchev–Trinajstić information content (AvgIpc) is 2.48. The van der Waals surface area contributed by atoms with Crippen molar-refractivity contribution in [3.63, 3.8) is 0 Å². The van der Waals surface area contributed by atoms with E-state index in [0.29, 0.717) is 45.6 Å². The standard InChI is InChI=1S/C14H25N3O4S/c1-3-5-14(13(18)19)6-4-7-17(12-14)22(20,21)16-10-8-15(2)9-11-16/h3H,1,4-12H2,2H3,(H,18,19)/t14-/m0/s1. The smallest absolute Gasteiger partial charge is 0.311 e. The minimum Gasteiger partial charge on any atom is -0.481 e. The fraction of sp³-hybridized carbons (Fsp3) is 0.786. The van der Waals surface area contributed by atoms with Gasteiger partial charge in [-0.25, -0.2) is 0 Å². The molecule has 0 radical (unpaired) electrons. The second kappa shape index (κ2) is 6.66. The predicted octanol–water partition coefficient (Wildman–Crippen LogP) is 0.222. The molecule has 2 aliphatic heterocycles. The van der Waals surface area contributed by atoms with E-state index < -0.39 is 21.6 Å². The Morgan fingerprint density at radius 1 is 1.23 bits per heavy atom. The highest BCUT2D eigenvalue weighted by molar-refractivity contribution is 7.86. The summed E-state index contributed by atoms with van der Waals surface area (Å²) >= 11 is 0. The molecule has 8 heteroatoms. The maximum atomic E-state index is 12.8. The van der Waals surface area contributed by atoms with Gasteiger partial charge in [0.2, 0.25) is 0 Å². The molecule has 0 aromatic carbocycles. The number of nitrogens with zero attached hydrogens (tertiary/aromatic N) is 3. The highest BCUT2D eigenvalue weighted by atomic mass is 32.2. The predicted molar refractivity (Wildman–Crippen MR) is 83.7 cm³/mol. The van der Waals surface area contributed by atoms with Crippen molar-refractivity contribution in [2.75, 3.05) is 46.3 Å². The number of allylic oxidation sites excluding steroid dienone is 1. The number of carboxylic acids is 1. The van der Waals surface area contributed by atoms with E-state index in [1.54, 1.807) is 6.08 Å². The van der Waals surface area contributed by atoms with Crippen LogP contribution in [0.5, 0.6) is 0 Å². The Kier molecular flexibility index (Phi) is 5.26. The fourth-order valence-electron chi connectivity index (χ4n) is 3.17. The zero-order valence-electron chi connectivity index (χ0n) is 13.1. The van der Waals surface area contributed by atoms with Crippen molar-refractivity contribution < 1.29 is 18.3 Å². The van der Waals surface area contributed by atoms with Crippen LogP contribution in [0.2, 0.25) is 0 Å². The van der Waals surface area contributed by atoms with Crippen LogP contribution in [0, 0.1) is 5.41 Å². The van der Waals surface area contributed by atoms with Crippen LogP contribution in [-0.4, -0.2) is 79.3 Å². The van der Waals surface area contributed by atoms with Gasteiger partial charge in [-0.1, -0.05) is 6.08 Å². The van der Waals surface area contributed by atoms with E-state index in [-0.39, 0.29) is 13.0 Å². The largest absolute Gasteiger partial charge is 0.481 e. The van der Waals surface area contributed by atoms with Crippen molar-refractivity contribution in [2.24, 2.45) is 5.41 Å². The summed E-state index contributed by atoms with van der Waals surface area (Å²) < 4.78 is 28.4. The first kappa shape index (κ1) is 17.4. The Bertz CT molecular complexity index is 528. The molecule has 126 valence electrons. The third kappa shape index (κ3) is 3.34. The minimum absolute atomic E-state index is 0.0308. The van der Waals surface area contributed by atoms with E-state index in [0.717, 1.165) is 0 Å². The van der Waals surface area contributed by atoms with Gasteiger partial charge in [0.15, 0.2) is 0 Å². The molecule has 2 fully saturated rings. The normalized spacial score (nSPS) is 29.3. The molecule has 0 aromatic heterocycles. The van der Waals surface area contributed by atoms with Gasteiger partial charge in [0.1, 0.15) is 0 Å². The lowest BCUT2D eigenvalue weighted by atomic mass is 9.78. The summed E-state index contributed by atoms with van der Waals surface area (Å²) in [5.41, 5.74) is -1.04. The van der Waals surface area contributed by atoms with Crippen molar-refractivity contribution >= 4 is 16.2 Å². The first-order chi connectivity index (χ1) is 10.3. The number of likely N-dealkylation sites (N-methyl/N-ethyl adjacent to an activating group) is 1. The number of rotatable bonds is 5. The van der Waals surface area contributed by atoms with E-state index in [9.17, 15) is 18.3 Å². The van der Waals surface area contributed by atoms with Crippen LogP contribution in [0.15, 0.2) is 12.7 Å². The zero-order chi connectivity index (χ0) is 16.4. The van der Waals surface area contributed by atoms with E-state index in [2.05, 4.69) is 11.5 Å². The number of carbonyl (C=O) groups is 1. The molecule has 0 bridgehead atoms. The third-order valence-corrected chi connectivity index (χ3v) is 6.63. The molecule has 2 saturated heterocycles. The van der Waals surface area contributed by atoms with Gasteiger partial charge in [-0.2, -0.15) is 17.0 Å². The number of hydrogen-bond acceptors (Lipinski definition) is 4. The monoisotopic (exact) mass is 331 g/mol. The SMILES string of the molecule is C=CC[C@]1(C(=O)O)CCCN(S(=O)(=O)N2CCN(C)CC2)C1. The second-order valence-corrected chi connectivity index (χ2v) is 8.15. The maximum Gasteiger partial charge on any atom is 0.311 e. The Labute approximate surface area is 132 Å². The molecule has 0 amide bonds. The number of carboxylic acid groups (broad SMARTS) is 1. The number of aliphatic carboxylic acids is 1. The van der Waals surface area contributed by atoms with Gasteiger partial charge in [0.25, 0.3) is 10.2 Å². The molecule has 0 spiro atoms. The van der Waals surface area contributed by atoms with Crippen LogP contribution >= 0.6 is 0 Å². The molecule has 7 nitrogen and oxygen atoms in total. The van der Waals surface area contributed by atoms with Crippen LogP contribution in [0.1, 0.15) is 19.3 Å². The van der Waals surface area contributed by atoms with E-state index in [1.165, 1.54) is 8.61 Å². The first-order valence-electron chi connectivity index (χ1n) is 7.60. The van der Waals surface area contributed by atoms with E-state index in [4.69, 9.17) is 0 Å². The molecular weight excluding hydrogens is 306 g/mol. The van der Waals surface area contributed by atoms with Gasteiger partial charge in [-0.15, -0.1) is 6.58 Å². The maximum absolute atomic E-state index is 12.8. The molecule has 2 rings (SSSR count). The van der Waals surface area contributed by atoms with Gasteiger partial charge in [-0.3, -0.25) is 4.79 Å². The molecule has 0 unspecified atom stereocenters. The molecule has 2 aliphatic rings. The minimum atomic E-state index is -3.59. The summed E-state index contributed by atoms with van der Waals surface area (Å²) in [6.07, 6.45) is 2.91. The Balaban J connectivity index is 2.17. The number of hydrogen-bond donors (Lipinski definition) is 1. The van der Waals surface area contributed by atoms with Crippen LogP contribution in [0.25, 0.3) is 0 Å². The number of piperazine rings is 1. The van der Waals surface area contributed by atoms with Gasteiger partial charge >= 0.3 is 5.97 Å². The van der Waals surface area contributed by atoms with Crippen LogP contribution in [0.4, 0.5) is 0 Å². The average molecular weight is 331 g/mol. The Morgan fingerprint density at radius 3 is 2.41 bits per heavy atom. The first-order valence-corrected chi connectivity index (χ1v) is 8.99. The topological polar surface area (TPSA) is 81.2 Å². The summed E-state index contributed by atoms with van der Waals surface area (Å²) in [4.78, 5) is 13.8. The van der Waals surface area contributed by atoms with Crippen LogP contribution in [0.3, 0.4) is 0 Å². The lowest BCUT2D eigenvalue weighted by Crippen LogP contribution is -2.56. The molecule has 1 atom stereocenters. The van der Waals surface area contributed by atoms with Crippen molar-refractivity contribution in [1.82, 2.24) is 13.5 Å². The number of piperidine rings is 1. The van der Waals surface area contributed by atoms with E-state index >= 15 is 0 Å². The molecule has 1 N–H and O–H groups in total. The van der Waals surface area contributed by atoms with Crippen molar-refractivity contribution in [1.29, 1.82) is 0 Å². The van der Waals surface area contributed by atoms with E-state index in [1.807, 2.05) is 7.05 Å². The van der Waals surface area contributed by atoms with Crippen LogP contribution in [-0.2, 0) is 15.0 Å².